The predicted molar refractivity (Wildman–Crippen MR) is 83.2 cm³/mol. The number of carboxylic acids is 1. The lowest BCUT2D eigenvalue weighted by molar-refractivity contribution is -0.152. The Hall–Kier alpha value is -1.52. The van der Waals surface area contributed by atoms with Crippen LogP contribution in [0.15, 0.2) is 12.7 Å². The summed E-state index contributed by atoms with van der Waals surface area (Å²) in [4.78, 5) is 27.8. The maximum atomic E-state index is 12.6. The number of likely N-dealkylation sites (tertiary alicyclic amines) is 1. The number of nitrogens with zero attached hydrogens (tertiary/aromatic N) is 2. The number of hydrogen-bond donors (Lipinski definition) is 1. The smallest absolute Gasteiger partial charge is 0.320 e. The molecular formula is C16H28N2O3. The quantitative estimate of drug-likeness (QED) is 0.735. The molecule has 0 aliphatic carbocycles. The summed E-state index contributed by atoms with van der Waals surface area (Å²) in [6.07, 6.45) is 5.46. The van der Waals surface area contributed by atoms with Crippen LogP contribution in [0.5, 0.6) is 0 Å². The molecule has 0 bridgehead atoms. The van der Waals surface area contributed by atoms with E-state index in [4.69, 9.17) is 0 Å². The van der Waals surface area contributed by atoms with Crippen molar-refractivity contribution in [1.82, 2.24) is 9.80 Å². The van der Waals surface area contributed by atoms with E-state index in [2.05, 4.69) is 6.58 Å². The van der Waals surface area contributed by atoms with Crippen molar-refractivity contribution in [1.29, 1.82) is 0 Å². The van der Waals surface area contributed by atoms with E-state index in [-0.39, 0.29) is 6.03 Å². The molecule has 1 rings (SSSR count). The SMILES string of the molecule is C=CCN(CCC)C(=O)N1CCCC(CCC)(C(=O)O)C1. The molecule has 1 atom stereocenters. The van der Waals surface area contributed by atoms with E-state index < -0.39 is 11.4 Å². The minimum atomic E-state index is -0.771. The molecule has 5 heteroatoms. The van der Waals surface area contributed by atoms with E-state index in [1.165, 1.54) is 0 Å². The number of amides is 2. The van der Waals surface area contributed by atoms with Gasteiger partial charge in [-0.05, 0) is 25.7 Å². The Kier molecular flexibility index (Phi) is 6.72. The van der Waals surface area contributed by atoms with Gasteiger partial charge in [-0.1, -0.05) is 26.3 Å². The van der Waals surface area contributed by atoms with E-state index in [1.54, 1.807) is 15.9 Å². The second-order valence-corrected chi connectivity index (χ2v) is 5.88. The molecule has 120 valence electrons. The van der Waals surface area contributed by atoms with Crippen molar-refractivity contribution in [3.8, 4) is 0 Å². The van der Waals surface area contributed by atoms with Crippen LogP contribution in [0.25, 0.3) is 0 Å². The van der Waals surface area contributed by atoms with Gasteiger partial charge in [0.05, 0.1) is 5.41 Å². The average molecular weight is 296 g/mol. The van der Waals surface area contributed by atoms with Crippen LogP contribution in [0, 0.1) is 5.41 Å². The molecule has 0 radical (unpaired) electrons. The van der Waals surface area contributed by atoms with Gasteiger partial charge in [0.25, 0.3) is 0 Å². The summed E-state index contributed by atoms with van der Waals surface area (Å²) in [6, 6.07) is -0.0572. The number of carboxylic acid groups (broad SMARTS) is 1. The highest BCUT2D eigenvalue weighted by molar-refractivity contribution is 5.79. The summed E-state index contributed by atoms with van der Waals surface area (Å²) >= 11 is 0. The lowest BCUT2D eigenvalue weighted by Gasteiger charge is -2.41. The van der Waals surface area contributed by atoms with Crippen LogP contribution >= 0.6 is 0 Å². The number of carbonyl (C=O) groups is 2. The first kappa shape index (κ1) is 17.5. The largest absolute Gasteiger partial charge is 0.481 e. The van der Waals surface area contributed by atoms with Gasteiger partial charge >= 0.3 is 12.0 Å². The Morgan fingerprint density at radius 3 is 2.62 bits per heavy atom. The van der Waals surface area contributed by atoms with E-state index in [9.17, 15) is 14.7 Å². The summed E-state index contributed by atoms with van der Waals surface area (Å²) in [6.45, 7) is 9.87. The minimum absolute atomic E-state index is 0.0572. The van der Waals surface area contributed by atoms with Gasteiger partial charge in [0, 0.05) is 26.2 Å². The molecule has 1 heterocycles. The third-order valence-corrected chi connectivity index (χ3v) is 4.14. The third kappa shape index (κ3) is 4.22. The second-order valence-electron chi connectivity index (χ2n) is 5.88. The van der Waals surface area contributed by atoms with Gasteiger partial charge < -0.3 is 14.9 Å². The topological polar surface area (TPSA) is 60.9 Å². The molecule has 2 amide bonds. The van der Waals surface area contributed by atoms with Crippen LogP contribution < -0.4 is 0 Å². The van der Waals surface area contributed by atoms with E-state index in [0.717, 1.165) is 19.3 Å². The first-order valence-electron chi connectivity index (χ1n) is 7.89. The van der Waals surface area contributed by atoms with Crippen LogP contribution in [0.2, 0.25) is 0 Å². The van der Waals surface area contributed by atoms with Gasteiger partial charge in [0.15, 0.2) is 0 Å². The number of carbonyl (C=O) groups excluding carboxylic acids is 1. The molecule has 1 unspecified atom stereocenters. The van der Waals surface area contributed by atoms with Gasteiger partial charge in [-0.3, -0.25) is 4.79 Å². The number of aliphatic carboxylic acids is 1. The zero-order valence-corrected chi connectivity index (χ0v) is 13.3. The fraction of sp³-hybridized carbons (Fsp3) is 0.750. The average Bonchev–Trinajstić information content (AvgIpc) is 2.46. The highest BCUT2D eigenvalue weighted by Crippen LogP contribution is 2.35. The summed E-state index contributed by atoms with van der Waals surface area (Å²) < 4.78 is 0. The molecule has 0 saturated carbocycles. The van der Waals surface area contributed by atoms with Crippen molar-refractivity contribution in [3.05, 3.63) is 12.7 Å². The van der Waals surface area contributed by atoms with E-state index in [1.807, 2.05) is 13.8 Å². The highest BCUT2D eigenvalue weighted by atomic mass is 16.4. The van der Waals surface area contributed by atoms with Gasteiger partial charge in [-0.25, -0.2) is 4.79 Å². The predicted octanol–water partition coefficient (Wildman–Crippen LogP) is 2.97. The second kappa shape index (κ2) is 8.05. The van der Waals surface area contributed by atoms with Crippen LogP contribution in [-0.4, -0.2) is 53.1 Å². The van der Waals surface area contributed by atoms with Gasteiger partial charge in [0.2, 0.25) is 0 Å². The Balaban J connectivity index is 2.84. The summed E-state index contributed by atoms with van der Waals surface area (Å²) in [7, 11) is 0. The van der Waals surface area contributed by atoms with Gasteiger partial charge in [-0.15, -0.1) is 6.58 Å². The monoisotopic (exact) mass is 296 g/mol. The van der Waals surface area contributed by atoms with Crippen LogP contribution in [-0.2, 0) is 4.79 Å². The molecule has 1 aliphatic rings. The molecule has 0 aromatic carbocycles. The molecule has 1 fully saturated rings. The van der Waals surface area contributed by atoms with Crippen molar-refractivity contribution in [2.24, 2.45) is 5.41 Å². The minimum Gasteiger partial charge on any atom is -0.481 e. The Bertz CT molecular complexity index is 380. The molecule has 1 N–H and O–H groups in total. The summed E-state index contributed by atoms with van der Waals surface area (Å²) in [5.74, 6) is -0.771. The first-order valence-corrected chi connectivity index (χ1v) is 7.89. The van der Waals surface area contributed by atoms with Gasteiger partial charge in [0.1, 0.15) is 0 Å². The van der Waals surface area contributed by atoms with Crippen molar-refractivity contribution < 1.29 is 14.7 Å². The summed E-state index contributed by atoms with van der Waals surface area (Å²) in [5, 5.41) is 9.60. The Morgan fingerprint density at radius 2 is 2.10 bits per heavy atom. The molecule has 1 saturated heterocycles. The van der Waals surface area contributed by atoms with Crippen molar-refractivity contribution in [3.63, 3.8) is 0 Å². The highest BCUT2D eigenvalue weighted by Gasteiger charge is 2.43. The number of hydrogen-bond acceptors (Lipinski definition) is 2. The van der Waals surface area contributed by atoms with Crippen molar-refractivity contribution in [2.75, 3.05) is 26.2 Å². The zero-order valence-electron chi connectivity index (χ0n) is 13.3. The Labute approximate surface area is 127 Å². The molecule has 0 aromatic heterocycles. The zero-order chi connectivity index (χ0) is 15.9. The Morgan fingerprint density at radius 1 is 1.38 bits per heavy atom. The van der Waals surface area contributed by atoms with Crippen LogP contribution in [0.4, 0.5) is 4.79 Å². The molecule has 21 heavy (non-hydrogen) atoms. The fourth-order valence-electron chi connectivity index (χ4n) is 3.15. The molecule has 1 aliphatic heterocycles. The van der Waals surface area contributed by atoms with Crippen LogP contribution in [0.3, 0.4) is 0 Å². The van der Waals surface area contributed by atoms with Gasteiger partial charge in [-0.2, -0.15) is 0 Å². The third-order valence-electron chi connectivity index (χ3n) is 4.14. The van der Waals surface area contributed by atoms with Crippen molar-refractivity contribution >= 4 is 12.0 Å². The fourth-order valence-corrected chi connectivity index (χ4v) is 3.15. The number of urea groups is 1. The standard InChI is InChI=1S/C16H28N2O3/c1-4-8-16(14(19)20)9-7-12-18(13-16)15(21)17(10-5-2)11-6-3/h5H,2,4,6-13H2,1,3H3,(H,19,20). The van der Waals surface area contributed by atoms with E-state index in [0.29, 0.717) is 39.0 Å². The molecule has 0 aromatic rings. The molecule has 0 spiro atoms. The summed E-state index contributed by atoms with van der Waals surface area (Å²) in [5.41, 5.74) is -0.769. The number of piperidine rings is 1. The first-order chi connectivity index (χ1) is 10.0. The normalized spacial score (nSPS) is 21.9. The molecular weight excluding hydrogens is 268 g/mol. The maximum Gasteiger partial charge on any atom is 0.320 e. The molecule has 5 nitrogen and oxygen atoms in total. The van der Waals surface area contributed by atoms with E-state index >= 15 is 0 Å². The lowest BCUT2D eigenvalue weighted by Crippen LogP contribution is -2.53. The van der Waals surface area contributed by atoms with Crippen LogP contribution in [0.1, 0.15) is 46.0 Å². The maximum absolute atomic E-state index is 12.6. The number of rotatable bonds is 7. The lowest BCUT2D eigenvalue weighted by atomic mass is 9.76. The van der Waals surface area contributed by atoms with Crippen molar-refractivity contribution in [2.45, 2.75) is 46.0 Å².